The molecule has 2 aromatic carbocycles. The molecule has 0 N–H and O–H groups in total. The normalized spacial score (nSPS) is 15.2. The fraction of sp³-hybridized carbons (Fsp3) is 0.286. The van der Waals surface area contributed by atoms with Crippen LogP contribution < -0.4 is 0 Å². The van der Waals surface area contributed by atoms with Crippen LogP contribution in [0.4, 0.5) is 0 Å². The van der Waals surface area contributed by atoms with Crippen molar-refractivity contribution in [3.05, 3.63) is 89.7 Å². The van der Waals surface area contributed by atoms with E-state index in [9.17, 15) is 4.79 Å². The minimum Gasteiger partial charge on any atom is -0.328 e. The number of rotatable bonds is 6. The molecule has 0 radical (unpaired) electrons. The molecular weight excluding hydrogens is 408 g/mol. The first kappa shape index (κ1) is 21.6. The topological polar surface area (TPSA) is 41.4 Å². The molecule has 2 aromatic heterocycles. The Morgan fingerprint density at radius 3 is 2.45 bits per heavy atom. The number of benzene rings is 2. The van der Waals surface area contributed by atoms with Gasteiger partial charge in [-0.05, 0) is 54.4 Å². The number of nitrogens with zero attached hydrogens (tertiary/aromatic N) is 4. The molecule has 0 amide bonds. The average molecular weight is 439 g/mol. The number of likely N-dealkylation sites (N-methyl/N-ethyl adjacent to an activating group) is 1. The van der Waals surface area contributed by atoms with E-state index >= 15 is 0 Å². The first-order chi connectivity index (χ1) is 16.1. The van der Waals surface area contributed by atoms with Gasteiger partial charge < -0.3 is 9.47 Å². The lowest BCUT2D eigenvalue weighted by Gasteiger charge is -2.32. The van der Waals surface area contributed by atoms with E-state index in [0.29, 0.717) is 0 Å². The molecule has 0 bridgehead atoms. The van der Waals surface area contributed by atoms with Crippen molar-refractivity contribution in [2.45, 2.75) is 20.0 Å². The van der Waals surface area contributed by atoms with E-state index in [2.05, 4.69) is 69.0 Å². The molecule has 1 aliphatic rings. The number of fused-ring (bicyclic) bond motifs is 1. The largest absolute Gasteiger partial charge is 0.328 e. The number of Topliss-reactive ketones (excluding diaryl/α,β-unsaturated/α-hetero) is 1. The van der Waals surface area contributed by atoms with E-state index in [1.54, 1.807) is 6.92 Å². The second-order valence-corrected chi connectivity index (χ2v) is 9.07. The Balaban J connectivity index is 1.39. The van der Waals surface area contributed by atoms with Crippen molar-refractivity contribution < 1.29 is 4.79 Å². The predicted molar refractivity (Wildman–Crippen MR) is 133 cm³/mol. The van der Waals surface area contributed by atoms with Crippen LogP contribution in [-0.4, -0.2) is 58.4 Å². The smallest absolute Gasteiger partial charge is 0.159 e. The van der Waals surface area contributed by atoms with Crippen molar-refractivity contribution >= 4 is 16.8 Å². The Kier molecular flexibility index (Phi) is 6.07. The summed E-state index contributed by atoms with van der Waals surface area (Å²) < 4.78 is 2.18. The fourth-order valence-electron chi connectivity index (χ4n) is 4.61. The maximum atomic E-state index is 11.5. The van der Waals surface area contributed by atoms with Gasteiger partial charge in [0.15, 0.2) is 5.78 Å². The second-order valence-electron chi connectivity index (χ2n) is 9.07. The van der Waals surface area contributed by atoms with Crippen LogP contribution in [0.1, 0.15) is 28.4 Å². The molecule has 0 spiro atoms. The van der Waals surface area contributed by atoms with Crippen molar-refractivity contribution in [2.24, 2.45) is 0 Å². The monoisotopic (exact) mass is 438 g/mol. The van der Waals surface area contributed by atoms with Gasteiger partial charge >= 0.3 is 0 Å². The maximum Gasteiger partial charge on any atom is 0.159 e. The van der Waals surface area contributed by atoms with Crippen LogP contribution in [0.15, 0.2) is 73.1 Å². The van der Waals surface area contributed by atoms with Crippen LogP contribution in [0, 0.1) is 0 Å². The standard InChI is InChI=1S/C28H30N4O/c1-21(33)24-8-6-22(7-9-24)20-32-13-11-27-26(10-12-29-28(27)32)25-5-3-4-23(18-25)19-31-16-14-30(2)15-17-31/h3-13,18H,14-17,19-20H2,1-2H3. The summed E-state index contributed by atoms with van der Waals surface area (Å²) in [5.41, 5.74) is 6.68. The maximum absolute atomic E-state index is 11.5. The third-order valence-electron chi connectivity index (χ3n) is 6.62. The van der Waals surface area contributed by atoms with Gasteiger partial charge in [-0.2, -0.15) is 0 Å². The zero-order chi connectivity index (χ0) is 22.8. The summed E-state index contributed by atoms with van der Waals surface area (Å²) in [4.78, 5) is 21.2. The van der Waals surface area contributed by atoms with E-state index in [1.807, 2.05) is 30.5 Å². The van der Waals surface area contributed by atoms with Gasteiger partial charge in [-0.1, -0.05) is 42.5 Å². The summed E-state index contributed by atoms with van der Waals surface area (Å²) in [6.45, 7) is 7.83. The van der Waals surface area contributed by atoms with Crippen molar-refractivity contribution in [3.8, 4) is 11.1 Å². The number of pyridine rings is 1. The molecule has 0 atom stereocenters. The Hall–Kier alpha value is -3.28. The second kappa shape index (κ2) is 9.30. The van der Waals surface area contributed by atoms with Crippen LogP contribution >= 0.6 is 0 Å². The van der Waals surface area contributed by atoms with Gasteiger partial charge in [0.2, 0.25) is 0 Å². The zero-order valence-electron chi connectivity index (χ0n) is 19.4. The summed E-state index contributed by atoms with van der Waals surface area (Å²) in [5.74, 6) is 0.0918. The van der Waals surface area contributed by atoms with Gasteiger partial charge in [0.05, 0.1) is 0 Å². The van der Waals surface area contributed by atoms with Gasteiger partial charge in [-0.3, -0.25) is 9.69 Å². The molecule has 5 rings (SSSR count). The minimum atomic E-state index is 0.0918. The Morgan fingerprint density at radius 2 is 1.70 bits per heavy atom. The van der Waals surface area contributed by atoms with Crippen LogP contribution in [0.3, 0.4) is 0 Å². The average Bonchev–Trinajstić information content (AvgIpc) is 3.24. The summed E-state index contributed by atoms with van der Waals surface area (Å²) in [6.07, 6.45) is 4.01. The molecule has 5 heteroatoms. The highest BCUT2D eigenvalue weighted by molar-refractivity contribution is 5.94. The molecule has 3 heterocycles. The molecule has 33 heavy (non-hydrogen) atoms. The molecule has 168 valence electrons. The summed E-state index contributed by atoms with van der Waals surface area (Å²) in [5, 5.41) is 1.16. The first-order valence-corrected chi connectivity index (χ1v) is 11.6. The highest BCUT2D eigenvalue weighted by Crippen LogP contribution is 2.29. The number of carbonyl (C=O) groups excluding carboxylic acids is 1. The van der Waals surface area contributed by atoms with Crippen LogP contribution in [0.25, 0.3) is 22.2 Å². The van der Waals surface area contributed by atoms with Crippen molar-refractivity contribution in [1.29, 1.82) is 0 Å². The summed E-state index contributed by atoms with van der Waals surface area (Å²) >= 11 is 0. The lowest BCUT2D eigenvalue weighted by Crippen LogP contribution is -2.43. The lowest BCUT2D eigenvalue weighted by atomic mass is 10.0. The molecule has 4 aromatic rings. The van der Waals surface area contributed by atoms with Gasteiger partial charge in [0.1, 0.15) is 5.65 Å². The predicted octanol–water partition coefficient (Wildman–Crippen LogP) is 4.70. The van der Waals surface area contributed by atoms with Crippen molar-refractivity contribution in [1.82, 2.24) is 19.4 Å². The number of hydrogen-bond donors (Lipinski definition) is 0. The Labute approximate surface area is 195 Å². The molecular formula is C28H30N4O. The molecule has 0 unspecified atom stereocenters. The SMILES string of the molecule is CC(=O)c1ccc(Cn2ccc3c(-c4cccc(CN5CCN(C)CC5)c4)ccnc32)cc1. The summed E-state index contributed by atoms with van der Waals surface area (Å²) in [7, 11) is 2.19. The zero-order valence-corrected chi connectivity index (χ0v) is 19.4. The Bertz CT molecular complexity index is 1270. The van der Waals surface area contributed by atoms with Crippen LogP contribution in [0.2, 0.25) is 0 Å². The van der Waals surface area contributed by atoms with E-state index in [4.69, 9.17) is 0 Å². The third-order valence-corrected chi connectivity index (χ3v) is 6.62. The van der Waals surface area contributed by atoms with Crippen LogP contribution in [0.5, 0.6) is 0 Å². The van der Waals surface area contributed by atoms with Gasteiger partial charge in [0, 0.05) is 62.6 Å². The number of piperazine rings is 1. The molecule has 1 fully saturated rings. The highest BCUT2D eigenvalue weighted by Gasteiger charge is 2.15. The molecule has 5 nitrogen and oxygen atoms in total. The third kappa shape index (κ3) is 4.75. The van der Waals surface area contributed by atoms with Crippen molar-refractivity contribution in [3.63, 3.8) is 0 Å². The van der Waals surface area contributed by atoms with Gasteiger partial charge in [-0.15, -0.1) is 0 Å². The van der Waals surface area contributed by atoms with E-state index in [0.717, 1.165) is 61.4 Å². The lowest BCUT2D eigenvalue weighted by molar-refractivity contribution is 0.101. The van der Waals surface area contributed by atoms with Gasteiger partial charge in [-0.25, -0.2) is 4.98 Å². The molecule has 1 saturated heterocycles. The molecule has 0 aliphatic carbocycles. The molecule has 0 saturated carbocycles. The fourth-order valence-corrected chi connectivity index (χ4v) is 4.61. The van der Waals surface area contributed by atoms with E-state index < -0.39 is 0 Å². The molecule has 1 aliphatic heterocycles. The number of carbonyl (C=O) groups is 1. The van der Waals surface area contributed by atoms with Gasteiger partial charge in [0.25, 0.3) is 0 Å². The highest BCUT2D eigenvalue weighted by atomic mass is 16.1. The Morgan fingerprint density at radius 1 is 0.909 bits per heavy atom. The van der Waals surface area contributed by atoms with Crippen LogP contribution in [-0.2, 0) is 13.1 Å². The summed E-state index contributed by atoms with van der Waals surface area (Å²) in [6, 6.07) is 21.0. The minimum absolute atomic E-state index is 0.0918. The van der Waals surface area contributed by atoms with E-state index in [-0.39, 0.29) is 5.78 Å². The number of aromatic nitrogens is 2. The quantitative estimate of drug-likeness (QED) is 0.409. The van der Waals surface area contributed by atoms with Crippen molar-refractivity contribution in [2.75, 3.05) is 33.2 Å². The van der Waals surface area contributed by atoms with E-state index in [1.165, 1.54) is 16.7 Å². The number of ketones is 1. The first-order valence-electron chi connectivity index (χ1n) is 11.6. The number of hydrogen-bond acceptors (Lipinski definition) is 4.